The molecule has 1 aliphatic heterocycles. The summed E-state index contributed by atoms with van der Waals surface area (Å²) >= 11 is 0. The second kappa shape index (κ2) is 3.09. The Bertz CT molecular complexity index is 327. The molecule has 0 bridgehead atoms. The van der Waals surface area contributed by atoms with Crippen LogP contribution in [-0.2, 0) is 0 Å². The lowest BCUT2D eigenvalue weighted by molar-refractivity contribution is 0.548. The Morgan fingerprint density at radius 1 is 1.43 bits per heavy atom. The SMILES string of the molecule is CC1NCCC1c1cncn1C1CC1. The predicted octanol–water partition coefficient (Wildman–Crippen LogP) is 1.68. The van der Waals surface area contributed by atoms with Crippen LogP contribution in [0.4, 0.5) is 0 Å². The lowest BCUT2D eigenvalue weighted by Crippen LogP contribution is -2.22. The number of nitrogens with one attached hydrogen (secondary N) is 1. The normalized spacial score (nSPS) is 32.4. The first kappa shape index (κ1) is 8.48. The molecule has 1 aromatic rings. The number of hydrogen-bond acceptors (Lipinski definition) is 2. The van der Waals surface area contributed by atoms with Crippen LogP contribution in [0, 0.1) is 0 Å². The molecule has 1 saturated heterocycles. The fourth-order valence-corrected chi connectivity index (χ4v) is 2.52. The summed E-state index contributed by atoms with van der Waals surface area (Å²) < 4.78 is 2.40. The molecular formula is C11H17N3. The van der Waals surface area contributed by atoms with Crippen molar-refractivity contribution in [3.63, 3.8) is 0 Å². The highest BCUT2D eigenvalue weighted by atomic mass is 15.1. The molecule has 0 spiro atoms. The Morgan fingerprint density at radius 2 is 2.29 bits per heavy atom. The number of aromatic nitrogens is 2. The van der Waals surface area contributed by atoms with Crippen molar-refractivity contribution in [3.8, 4) is 0 Å². The van der Waals surface area contributed by atoms with E-state index in [1.807, 2.05) is 6.33 Å². The minimum atomic E-state index is 0.615. The van der Waals surface area contributed by atoms with Crippen LogP contribution in [0.15, 0.2) is 12.5 Å². The first-order chi connectivity index (χ1) is 6.86. The van der Waals surface area contributed by atoms with Gasteiger partial charge in [0.05, 0.1) is 6.33 Å². The zero-order chi connectivity index (χ0) is 9.54. The Balaban J connectivity index is 1.90. The molecule has 2 heterocycles. The summed E-state index contributed by atoms with van der Waals surface area (Å²) in [5.41, 5.74) is 1.45. The summed E-state index contributed by atoms with van der Waals surface area (Å²) in [5.74, 6) is 0.679. The molecular weight excluding hydrogens is 174 g/mol. The van der Waals surface area contributed by atoms with Crippen molar-refractivity contribution in [1.29, 1.82) is 0 Å². The van der Waals surface area contributed by atoms with Crippen LogP contribution >= 0.6 is 0 Å². The van der Waals surface area contributed by atoms with Crippen molar-refractivity contribution in [3.05, 3.63) is 18.2 Å². The zero-order valence-electron chi connectivity index (χ0n) is 8.61. The van der Waals surface area contributed by atoms with E-state index in [1.54, 1.807) is 0 Å². The van der Waals surface area contributed by atoms with Crippen LogP contribution in [0.2, 0.25) is 0 Å². The van der Waals surface area contributed by atoms with E-state index in [0.29, 0.717) is 12.0 Å². The molecule has 2 fully saturated rings. The van der Waals surface area contributed by atoms with E-state index in [2.05, 4.69) is 28.0 Å². The average Bonchev–Trinajstić information content (AvgIpc) is 2.75. The first-order valence-electron chi connectivity index (χ1n) is 5.61. The third-order valence-electron chi connectivity index (χ3n) is 3.54. The third kappa shape index (κ3) is 1.27. The van der Waals surface area contributed by atoms with Crippen LogP contribution in [0.25, 0.3) is 0 Å². The maximum atomic E-state index is 4.30. The van der Waals surface area contributed by atoms with E-state index in [1.165, 1.54) is 25.0 Å². The van der Waals surface area contributed by atoms with Gasteiger partial charge in [-0.25, -0.2) is 4.98 Å². The predicted molar refractivity (Wildman–Crippen MR) is 55.3 cm³/mol. The molecule has 3 rings (SSSR count). The van der Waals surface area contributed by atoms with Crippen molar-refractivity contribution in [2.45, 2.75) is 44.2 Å². The van der Waals surface area contributed by atoms with E-state index in [-0.39, 0.29) is 0 Å². The fourth-order valence-electron chi connectivity index (χ4n) is 2.52. The molecule has 1 N–H and O–H groups in total. The van der Waals surface area contributed by atoms with E-state index in [0.717, 1.165) is 12.6 Å². The van der Waals surface area contributed by atoms with Crippen LogP contribution < -0.4 is 5.32 Å². The van der Waals surface area contributed by atoms with Gasteiger partial charge in [0.2, 0.25) is 0 Å². The summed E-state index contributed by atoms with van der Waals surface area (Å²) in [7, 11) is 0. The standard InChI is InChI=1S/C11H17N3/c1-8-10(4-5-13-8)11-6-12-7-14(11)9-2-3-9/h6-10,13H,2-5H2,1H3. The monoisotopic (exact) mass is 191 g/mol. The molecule has 14 heavy (non-hydrogen) atoms. The molecule has 1 saturated carbocycles. The minimum Gasteiger partial charge on any atom is -0.331 e. The Morgan fingerprint density at radius 3 is 2.93 bits per heavy atom. The van der Waals surface area contributed by atoms with E-state index in [4.69, 9.17) is 0 Å². The molecule has 2 atom stereocenters. The molecule has 2 unspecified atom stereocenters. The number of imidazole rings is 1. The number of hydrogen-bond donors (Lipinski definition) is 1. The number of nitrogens with zero attached hydrogens (tertiary/aromatic N) is 2. The molecule has 3 nitrogen and oxygen atoms in total. The van der Waals surface area contributed by atoms with Gasteiger partial charge in [-0.3, -0.25) is 0 Å². The maximum absolute atomic E-state index is 4.30. The second-order valence-corrected chi connectivity index (χ2v) is 4.59. The van der Waals surface area contributed by atoms with Gasteiger partial charge in [-0.15, -0.1) is 0 Å². The summed E-state index contributed by atoms with van der Waals surface area (Å²) in [6, 6.07) is 1.38. The molecule has 76 valence electrons. The Kier molecular flexibility index (Phi) is 1.87. The average molecular weight is 191 g/mol. The first-order valence-corrected chi connectivity index (χ1v) is 5.61. The van der Waals surface area contributed by atoms with Gasteiger partial charge in [0.25, 0.3) is 0 Å². The summed E-state index contributed by atoms with van der Waals surface area (Å²) in [4.78, 5) is 4.30. The molecule has 2 aliphatic rings. The molecule has 1 aromatic heterocycles. The third-order valence-corrected chi connectivity index (χ3v) is 3.54. The maximum Gasteiger partial charge on any atom is 0.0950 e. The van der Waals surface area contributed by atoms with Crippen molar-refractivity contribution >= 4 is 0 Å². The lowest BCUT2D eigenvalue weighted by Gasteiger charge is -2.16. The smallest absolute Gasteiger partial charge is 0.0950 e. The van der Waals surface area contributed by atoms with Gasteiger partial charge in [-0.2, -0.15) is 0 Å². The molecule has 0 amide bonds. The van der Waals surface area contributed by atoms with E-state index < -0.39 is 0 Å². The lowest BCUT2D eigenvalue weighted by atomic mass is 9.98. The van der Waals surface area contributed by atoms with E-state index >= 15 is 0 Å². The van der Waals surface area contributed by atoms with Gasteiger partial charge in [-0.1, -0.05) is 0 Å². The van der Waals surface area contributed by atoms with Crippen molar-refractivity contribution in [2.75, 3.05) is 6.54 Å². The van der Waals surface area contributed by atoms with E-state index in [9.17, 15) is 0 Å². The summed E-state index contributed by atoms with van der Waals surface area (Å²) in [6.45, 7) is 3.43. The Hall–Kier alpha value is -0.830. The summed E-state index contributed by atoms with van der Waals surface area (Å²) in [5, 5.41) is 3.50. The molecule has 1 aliphatic carbocycles. The highest BCUT2D eigenvalue weighted by Gasteiger charge is 2.31. The zero-order valence-corrected chi connectivity index (χ0v) is 8.61. The van der Waals surface area contributed by atoms with Crippen molar-refractivity contribution in [1.82, 2.24) is 14.9 Å². The Labute approximate surface area is 84.5 Å². The number of rotatable bonds is 2. The topological polar surface area (TPSA) is 29.9 Å². The van der Waals surface area contributed by atoms with Gasteiger partial charge in [-0.05, 0) is 32.7 Å². The van der Waals surface area contributed by atoms with Crippen LogP contribution in [0.5, 0.6) is 0 Å². The van der Waals surface area contributed by atoms with Gasteiger partial charge in [0, 0.05) is 29.9 Å². The van der Waals surface area contributed by atoms with Gasteiger partial charge in [0.1, 0.15) is 0 Å². The minimum absolute atomic E-state index is 0.615. The van der Waals surface area contributed by atoms with Gasteiger partial charge in [0.15, 0.2) is 0 Å². The highest BCUT2D eigenvalue weighted by Crippen LogP contribution is 2.39. The molecule has 0 radical (unpaired) electrons. The second-order valence-electron chi connectivity index (χ2n) is 4.59. The quantitative estimate of drug-likeness (QED) is 0.771. The van der Waals surface area contributed by atoms with Gasteiger partial charge < -0.3 is 9.88 Å². The fraction of sp³-hybridized carbons (Fsp3) is 0.727. The highest BCUT2D eigenvalue weighted by molar-refractivity contribution is 5.14. The molecule has 3 heteroatoms. The molecule has 0 aromatic carbocycles. The van der Waals surface area contributed by atoms with Crippen LogP contribution in [0.3, 0.4) is 0 Å². The van der Waals surface area contributed by atoms with Crippen LogP contribution in [-0.4, -0.2) is 22.1 Å². The van der Waals surface area contributed by atoms with Crippen molar-refractivity contribution < 1.29 is 0 Å². The summed E-state index contributed by atoms with van der Waals surface area (Å²) in [6.07, 6.45) is 8.03. The van der Waals surface area contributed by atoms with Crippen molar-refractivity contribution in [2.24, 2.45) is 0 Å². The largest absolute Gasteiger partial charge is 0.331 e. The van der Waals surface area contributed by atoms with Crippen LogP contribution in [0.1, 0.15) is 43.8 Å². The van der Waals surface area contributed by atoms with Gasteiger partial charge >= 0.3 is 0 Å².